The highest BCUT2D eigenvalue weighted by atomic mass is 16.2. The van der Waals surface area contributed by atoms with Crippen LogP contribution in [0.1, 0.15) is 24.2 Å². The molecule has 1 amide bonds. The van der Waals surface area contributed by atoms with Gasteiger partial charge in [-0.25, -0.2) is 0 Å². The Morgan fingerprint density at radius 2 is 2.15 bits per heavy atom. The molecule has 0 spiro atoms. The minimum absolute atomic E-state index is 0.129. The summed E-state index contributed by atoms with van der Waals surface area (Å²) in [6, 6.07) is 12.4. The molecule has 0 unspecified atom stereocenters. The number of para-hydroxylation sites is 1. The predicted octanol–water partition coefficient (Wildman–Crippen LogP) is 2.51. The first kappa shape index (κ1) is 15.4. The summed E-state index contributed by atoms with van der Waals surface area (Å²) >= 11 is 0. The second-order valence-electron chi connectivity index (χ2n) is 7.13. The quantitative estimate of drug-likeness (QED) is 0.774. The molecule has 0 saturated carbocycles. The first-order valence-electron chi connectivity index (χ1n) is 9.20. The third-order valence-electron chi connectivity index (χ3n) is 5.55. The smallest absolute Gasteiger partial charge is 0.229 e. The van der Waals surface area contributed by atoms with Gasteiger partial charge in [-0.05, 0) is 31.0 Å². The molecule has 3 aromatic rings. The van der Waals surface area contributed by atoms with Gasteiger partial charge in [0.25, 0.3) is 0 Å². The number of pyridine rings is 1. The van der Waals surface area contributed by atoms with Crippen LogP contribution in [0.15, 0.2) is 42.6 Å². The zero-order chi connectivity index (χ0) is 17.5. The van der Waals surface area contributed by atoms with E-state index in [1.807, 2.05) is 41.4 Å². The van der Waals surface area contributed by atoms with Crippen LogP contribution in [0.5, 0.6) is 0 Å². The van der Waals surface area contributed by atoms with E-state index in [9.17, 15) is 4.79 Å². The molecule has 1 aromatic carbocycles. The SMILES string of the molecule is O=C(Cc1[nH]nc2ccccc12)N1Cc2ncccc2N2CCC[C@H]2C1. The summed E-state index contributed by atoms with van der Waals surface area (Å²) in [6.45, 7) is 2.39. The predicted molar refractivity (Wildman–Crippen MR) is 99.8 cm³/mol. The van der Waals surface area contributed by atoms with E-state index in [0.717, 1.165) is 41.8 Å². The molecular formula is C20H21N5O. The van der Waals surface area contributed by atoms with Crippen LogP contribution < -0.4 is 4.90 Å². The number of hydrogen-bond donors (Lipinski definition) is 1. The number of aromatic nitrogens is 3. The summed E-state index contributed by atoms with van der Waals surface area (Å²) in [5.41, 5.74) is 3.98. The number of rotatable bonds is 2. The van der Waals surface area contributed by atoms with Gasteiger partial charge >= 0.3 is 0 Å². The molecule has 1 saturated heterocycles. The lowest BCUT2D eigenvalue weighted by Gasteiger charge is -2.27. The van der Waals surface area contributed by atoms with E-state index >= 15 is 0 Å². The van der Waals surface area contributed by atoms with Gasteiger partial charge in [-0.3, -0.25) is 14.9 Å². The third-order valence-corrected chi connectivity index (χ3v) is 5.55. The van der Waals surface area contributed by atoms with Gasteiger partial charge in [0, 0.05) is 30.7 Å². The first-order valence-corrected chi connectivity index (χ1v) is 9.20. The van der Waals surface area contributed by atoms with E-state index in [-0.39, 0.29) is 5.91 Å². The highest BCUT2D eigenvalue weighted by Crippen LogP contribution is 2.32. The Morgan fingerprint density at radius 1 is 1.23 bits per heavy atom. The molecule has 2 aliphatic rings. The van der Waals surface area contributed by atoms with Crippen LogP contribution in [0.2, 0.25) is 0 Å². The average molecular weight is 347 g/mol. The second kappa shape index (κ2) is 6.12. The van der Waals surface area contributed by atoms with E-state index < -0.39 is 0 Å². The summed E-state index contributed by atoms with van der Waals surface area (Å²) in [5.74, 6) is 0.129. The van der Waals surface area contributed by atoms with Crippen molar-refractivity contribution in [1.29, 1.82) is 0 Å². The largest absolute Gasteiger partial charge is 0.365 e. The van der Waals surface area contributed by atoms with Gasteiger partial charge in [-0.1, -0.05) is 18.2 Å². The summed E-state index contributed by atoms with van der Waals surface area (Å²) in [5, 5.41) is 8.37. The number of anilines is 1. The van der Waals surface area contributed by atoms with Crippen LogP contribution in [-0.2, 0) is 17.8 Å². The molecule has 6 heteroatoms. The maximum absolute atomic E-state index is 13.1. The molecule has 132 valence electrons. The zero-order valence-electron chi connectivity index (χ0n) is 14.6. The molecule has 2 aliphatic heterocycles. The lowest BCUT2D eigenvalue weighted by Crippen LogP contribution is -2.40. The molecule has 5 rings (SSSR count). The first-order chi connectivity index (χ1) is 12.8. The number of nitrogens with one attached hydrogen (secondary N) is 1. The van der Waals surface area contributed by atoms with Crippen LogP contribution in [-0.4, -0.2) is 45.1 Å². The number of fused-ring (bicyclic) bond motifs is 4. The molecule has 1 N–H and O–H groups in total. The summed E-state index contributed by atoms with van der Waals surface area (Å²) < 4.78 is 0. The molecular weight excluding hydrogens is 326 g/mol. The van der Waals surface area contributed by atoms with Gasteiger partial charge in [0.2, 0.25) is 5.91 Å². The topological polar surface area (TPSA) is 65.1 Å². The fourth-order valence-electron chi connectivity index (χ4n) is 4.26. The Balaban J connectivity index is 1.43. The molecule has 1 fully saturated rings. The van der Waals surface area contributed by atoms with E-state index in [1.165, 1.54) is 12.1 Å². The average Bonchev–Trinajstić information content (AvgIpc) is 3.26. The fourth-order valence-corrected chi connectivity index (χ4v) is 4.26. The fraction of sp³-hybridized carbons (Fsp3) is 0.350. The van der Waals surface area contributed by atoms with E-state index in [4.69, 9.17) is 0 Å². The summed E-state index contributed by atoms with van der Waals surface area (Å²) in [4.78, 5) is 22.1. The lowest BCUT2D eigenvalue weighted by molar-refractivity contribution is -0.131. The Bertz CT molecular complexity index is 965. The standard InChI is InChI=1S/C20H21N5O/c26-20(11-17-15-6-1-2-7-16(15)22-23-17)24-12-14-5-4-10-25(14)19-8-3-9-21-18(19)13-24/h1-3,6-9,14H,4-5,10-13H2,(H,22,23)/t14-/m0/s1. The number of nitrogens with zero attached hydrogens (tertiary/aromatic N) is 4. The number of benzene rings is 1. The molecule has 26 heavy (non-hydrogen) atoms. The maximum Gasteiger partial charge on any atom is 0.229 e. The van der Waals surface area contributed by atoms with E-state index in [1.54, 1.807) is 0 Å². The van der Waals surface area contributed by atoms with Crippen LogP contribution in [0.3, 0.4) is 0 Å². The molecule has 6 nitrogen and oxygen atoms in total. The van der Waals surface area contributed by atoms with Gasteiger partial charge < -0.3 is 9.80 Å². The molecule has 0 bridgehead atoms. The normalized spacial score (nSPS) is 19.3. The minimum atomic E-state index is 0.129. The Hall–Kier alpha value is -2.89. The minimum Gasteiger partial charge on any atom is -0.365 e. The maximum atomic E-state index is 13.1. The van der Waals surface area contributed by atoms with Crippen molar-refractivity contribution in [3.63, 3.8) is 0 Å². The van der Waals surface area contributed by atoms with Crippen LogP contribution in [0.25, 0.3) is 10.9 Å². The Kier molecular flexibility index (Phi) is 3.62. The van der Waals surface area contributed by atoms with Gasteiger partial charge in [-0.15, -0.1) is 0 Å². The molecule has 4 heterocycles. The van der Waals surface area contributed by atoms with Crippen LogP contribution in [0.4, 0.5) is 5.69 Å². The van der Waals surface area contributed by atoms with Crippen molar-refractivity contribution in [3.05, 3.63) is 54.0 Å². The van der Waals surface area contributed by atoms with Gasteiger partial charge in [-0.2, -0.15) is 5.10 Å². The lowest BCUT2D eigenvalue weighted by atomic mass is 10.1. The monoisotopic (exact) mass is 347 g/mol. The molecule has 0 aliphatic carbocycles. The van der Waals surface area contributed by atoms with E-state index in [2.05, 4.69) is 26.1 Å². The Morgan fingerprint density at radius 3 is 3.12 bits per heavy atom. The van der Waals surface area contributed by atoms with Crippen LogP contribution in [0, 0.1) is 0 Å². The number of aromatic amines is 1. The number of carbonyl (C=O) groups excluding carboxylic acids is 1. The molecule has 0 radical (unpaired) electrons. The van der Waals surface area contributed by atoms with Gasteiger partial charge in [0.15, 0.2) is 0 Å². The second-order valence-corrected chi connectivity index (χ2v) is 7.13. The van der Waals surface area contributed by atoms with Crippen molar-refractivity contribution in [2.75, 3.05) is 18.0 Å². The van der Waals surface area contributed by atoms with Crippen molar-refractivity contribution in [2.45, 2.75) is 31.8 Å². The number of amides is 1. The van der Waals surface area contributed by atoms with Gasteiger partial charge in [0.05, 0.1) is 35.6 Å². The van der Waals surface area contributed by atoms with Crippen molar-refractivity contribution < 1.29 is 4.79 Å². The number of carbonyl (C=O) groups is 1. The highest BCUT2D eigenvalue weighted by Gasteiger charge is 2.33. The highest BCUT2D eigenvalue weighted by molar-refractivity contribution is 5.87. The zero-order valence-corrected chi connectivity index (χ0v) is 14.6. The van der Waals surface area contributed by atoms with E-state index in [0.29, 0.717) is 19.0 Å². The molecule has 1 atom stereocenters. The van der Waals surface area contributed by atoms with Crippen molar-refractivity contribution >= 4 is 22.5 Å². The number of hydrogen-bond acceptors (Lipinski definition) is 4. The van der Waals surface area contributed by atoms with Crippen molar-refractivity contribution in [3.8, 4) is 0 Å². The third kappa shape index (κ3) is 2.53. The van der Waals surface area contributed by atoms with Crippen molar-refractivity contribution in [2.24, 2.45) is 0 Å². The summed E-state index contributed by atoms with van der Waals surface area (Å²) in [6.07, 6.45) is 4.47. The molecule has 2 aromatic heterocycles. The summed E-state index contributed by atoms with van der Waals surface area (Å²) in [7, 11) is 0. The Labute approximate surface area is 151 Å². The van der Waals surface area contributed by atoms with Crippen LogP contribution >= 0.6 is 0 Å². The van der Waals surface area contributed by atoms with Gasteiger partial charge in [0.1, 0.15) is 0 Å². The number of H-pyrrole nitrogens is 1. The van der Waals surface area contributed by atoms with Crippen molar-refractivity contribution in [1.82, 2.24) is 20.1 Å².